The second-order valence-electron chi connectivity index (χ2n) is 9.49. The van der Waals surface area contributed by atoms with Crippen molar-refractivity contribution in [1.29, 1.82) is 0 Å². The summed E-state index contributed by atoms with van der Waals surface area (Å²) >= 11 is 0.760. The van der Waals surface area contributed by atoms with E-state index in [1.54, 1.807) is 18.2 Å². The number of morpholine rings is 2. The Kier molecular flexibility index (Phi) is 16.5. The molecule has 0 unspecified atom stereocenters. The minimum Gasteiger partial charge on any atom is -0.748 e. The van der Waals surface area contributed by atoms with E-state index < -0.39 is 15.9 Å². The zero-order valence-corrected chi connectivity index (χ0v) is 27.9. The molecule has 2 aliphatic heterocycles. The van der Waals surface area contributed by atoms with E-state index in [-0.39, 0.29) is 73.8 Å². The number of anilines is 7. The Morgan fingerprint density at radius 3 is 2.02 bits per heavy atom. The SMILES string of the molecule is O=S(=O)([O-])CCNc1nc(Nc2cccc(Nc3nc(/N=C\CSOO[O-])nc(N4CCOCC4)n3)c2)nc(N2CCOCC2)n1.[Li+].[Li+]. The van der Waals surface area contributed by atoms with E-state index in [1.165, 1.54) is 6.21 Å². The van der Waals surface area contributed by atoms with Gasteiger partial charge in [0.1, 0.15) is 0 Å². The largest absolute Gasteiger partial charge is 1.00 e. The van der Waals surface area contributed by atoms with E-state index in [9.17, 15) is 18.2 Å². The topological polar surface area (TPSA) is 249 Å². The van der Waals surface area contributed by atoms with Crippen LogP contribution in [0.2, 0.25) is 0 Å². The standard InChI is InChI=1S/C24H32N12O8S2.2Li/c37-43-44-45-14-4-25-19-29-21(33-23(31-19)35-6-10-41-11-7-35)27-17-2-1-3-18(16-17)28-22-30-20(26-5-15-46(38,39)40)32-24(34-22)36-8-12-42-13-9-36;;/h1-4,16,37H,5-15H2,(H,38,39,40)(H,27,29,31,33)(H2,26,28,30,32,34);;/q;2*+1/p-2/b25-4-;;. The number of hydrogen-bond acceptors (Lipinski definition) is 21. The number of benzene rings is 1. The van der Waals surface area contributed by atoms with Gasteiger partial charge < -0.3 is 45.0 Å². The van der Waals surface area contributed by atoms with Crippen LogP contribution in [0.1, 0.15) is 0 Å². The summed E-state index contributed by atoms with van der Waals surface area (Å²) in [6.07, 6.45) is 1.47. The van der Waals surface area contributed by atoms with Crippen molar-refractivity contribution in [3.8, 4) is 0 Å². The molecule has 0 atom stereocenters. The van der Waals surface area contributed by atoms with Crippen LogP contribution in [0.5, 0.6) is 0 Å². The van der Waals surface area contributed by atoms with Gasteiger partial charge in [0.15, 0.2) is 0 Å². The monoisotopic (exact) mass is 692 g/mol. The van der Waals surface area contributed by atoms with E-state index in [0.29, 0.717) is 75.9 Å². The Morgan fingerprint density at radius 2 is 1.44 bits per heavy atom. The molecule has 2 fully saturated rings. The number of aliphatic imine (C=N–C) groups is 1. The van der Waals surface area contributed by atoms with Crippen LogP contribution >= 0.6 is 12.0 Å². The van der Waals surface area contributed by atoms with Crippen LogP contribution in [-0.4, -0.2) is 120 Å². The zero-order valence-electron chi connectivity index (χ0n) is 26.3. The summed E-state index contributed by atoms with van der Waals surface area (Å²) in [6.45, 7) is 4.21. The molecule has 0 aliphatic carbocycles. The van der Waals surface area contributed by atoms with Gasteiger partial charge in [-0.05, 0) is 18.2 Å². The first-order chi connectivity index (χ1) is 22.3. The van der Waals surface area contributed by atoms with Crippen LogP contribution in [0, 0.1) is 0 Å². The van der Waals surface area contributed by atoms with E-state index >= 15 is 0 Å². The average Bonchev–Trinajstić information content (AvgIpc) is 3.05. The van der Waals surface area contributed by atoms with Crippen molar-refractivity contribution in [2.45, 2.75) is 0 Å². The smallest absolute Gasteiger partial charge is 0.748 e. The van der Waals surface area contributed by atoms with Gasteiger partial charge in [-0.1, -0.05) is 6.07 Å². The Hall–Kier alpha value is -2.84. The van der Waals surface area contributed by atoms with Gasteiger partial charge in [0.2, 0.25) is 29.7 Å². The van der Waals surface area contributed by atoms with Crippen molar-refractivity contribution in [2.24, 2.45) is 4.99 Å². The summed E-state index contributed by atoms with van der Waals surface area (Å²) < 4.78 is 48.3. The number of hydrogen-bond donors (Lipinski definition) is 3. The van der Waals surface area contributed by atoms with E-state index in [4.69, 9.17) is 9.47 Å². The van der Waals surface area contributed by atoms with Crippen molar-refractivity contribution in [3.05, 3.63) is 24.3 Å². The van der Waals surface area contributed by atoms with E-state index in [1.807, 2.05) is 15.9 Å². The van der Waals surface area contributed by atoms with E-state index in [0.717, 1.165) is 12.0 Å². The first-order valence-electron chi connectivity index (χ1n) is 13.9. The minimum absolute atomic E-state index is 0. The molecule has 4 heterocycles. The summed E-state index contributed by atoms with van der Waals surface area (Å²) in [6, 6.07) is 7.19. The summed E-state index contributed by atoms with van der Waals surface area (Å²) in [4.78, 5) is 34.8. The summed E-state index contributed by atoms with van der Waals surface area (Å²) in [5.74, 6) is 1.05. The fourth-order valence-electron chi connectivity index (χ4n) is 4.19. The maximum Gasteiger partial charge on any atom is 1.00 e. The molecule has 0 bridgehead atoms. The van der Waals surface area contributed by atoms with Gasteiger partial charge in [0.25, 0.3) is 5.95 Å². The molecule has 0 spiro atoms. The van der Waals surface area contributed by atoms with Crippen molar-refractivity contribution in [2.75, 3.05) is 96.4 Å². The van der Waals surface area contributed by atoms with Gasteiger partial charge >= 0.3 is 37.7 Å². The zero-order chi connectivity index (χ0) is 32.2. The Morgan fingerprint density at radius 1 is 0.875 bits per heavy atom. The molecule has 248 valence electrons. The van der Waals surface area contributed by atoms with Gasteiger partial charge in [-0.25, -0.2) is 13.4 Å². The van der Waals surface area contributed by atoms with Crippen molar-refractivity contribution in [1.82, 2.24) is 29.9 Å². The van der Waals surface area contributed by atoms with Crippen LogP contribution in [0.3, 0.4) is 0 Å². The van der Waals surface area contributed by atoms with Crippen LogP contribution < -0.4 is 68.7 Å². The van der Waals surface area contributed by atoms with E-state index in [2.05, 4.69) is 60.2 Å². The van der Waals surface area contributed by atoms with Crippen LogP contribution in [0.15, 0.2) is 29.3 Å². The van der Waals surface area contributed by atoms with Crippen molar-refractivity contribution >= 4 is 75.4 Å². The molecule has 0 radical (unpaired) electrons. The molecular weight excluding hydrogens is 662 g/mol. The van der Waals surface area contributed by atoms with Crippen LogP contribution in [0.4, 0.5) is 47.1 Å². The third-order valence-electron chi connectivity index (χ3n) is 6.26. The molecule has 5 rings (SSSR count). The molecule has 24 heteroatoms. The molecule has 0 amide bonds. The summed E-state index contributed by atoms with van der Waals surface area (Å²) in [5, 5.41) is 22.4. The number of nitrogens with zero attached hydrogens (tertiary/aromatic N) is 9. The third kappa shape index (κ3) is 12.9. The predicted octanol–water partition coefficient (Wildman–Crippen LogP) is -6.24. The molecular formula is C24H30Li2N12O8S2. The maximum absolute atomic E-state index is 11.1. The molecule has 20 nitrogen and oxygen atoms in total. The number of ether oxygens (including phenoxy) is 2. The third-order valence-corrected chi connectivity index (χ3v) is 7.40. The van der Waals surface area contributed by atoms with Gasteiger partial charge in [-0.2, -0.15) is 34.2 Å². The second kappa shape index (κ2) is 20.0. The summed E-state index contributed by atoms with van der Waals surface area (Å²) in [7, 11) is -4.42. The van der Waals surface area contributed by atoms with Crippen LogP contribution in [-0.2, 0) is 29.0 Å². The number of rotatable bonds is 15. The quantitative estimate of drug-likeness (QED) is 0.0255. The molecule has 0 saturated carbocycles. The normalized spacial score (nSPS) is 15.0. The van der Waals surface area contributed by atoms with Gasteiger partial charge in [-0.15, -0.1) is 0 Å². The van der Waals surface area contributed by atoms with Gasteiger partial charge in [-0.3, -0.25) is 5.04 Å². The fraction of sp³-hybridized carbons (Fsp3) is 0.458. The maximum atomic E-state index is 11.1. The number of nitrogens with one attached hydrogen (secondary N) is 3. The Labute approximate surface area is 304 Å². The fourth-order valence-corrected chi connectivity index (χ4v) is 4.78. The van der Waals surface area contributed by atoms with Gasteiger partial charge in [0, 0.05) is 62.4 Å². The van der Waals surface area contributed by atoms with Gasteiger partial charge in [0.05, 0.1) is 48.1 Å². The average molecular weight is 693 g/mol. The van der Waals surface area contributed by atoms with Crippen molar-refractivity contribution in [3.63, 3.8) is 0 Å². The molecule has 2 aliphatic rings. The first kappa shape index (κ1) is 39.6. The molecule has 2 aromatic heterocycles. The van der Waals surface area contributed by atoms with Crippen molar-refractivity contribution < 1.29 is 74.8 Å². The predicted molar refractivity (Wildman–Crippen MR) is 165 cm³/mol. The van der Waals surface area contributed by atoms with Crippen LogP contribution in [0.25, 0.3) is 0 Å². The Balaban J connectivity index is 0.00000312. The molecule has 3 N–H and O–H groups in total. The second-order valence-corrected chi connectivity index (χ2v) is 11.7. The molecule has 2 saturated heterocycles. The Bertz CT molecular complexity index is 1590. The number of aromatic nitrogens is 6. The summed E-state index contributed by atoms with van der Waals surface area (Å²) in [5.41, 5.74) is 1.23. The molecule has 48 heavy (non-hydrogen) atoms. The molecule has 3 aromatic rings. The first-order valence-corrected chi connectivity index (χ1v) is 16.4. The molecule has 1 aromatic carbocycles. The minimum atomic E-state index is -4.42.